The quantitative estimate of drug-likeness (QED) is 0.454. The van der Waals surface area contributed by atoms with Crippen LogP contribution < -0.4 is 0 Å². The number of benzene rings is 2. The maximum Gasteiger partial charge on any atom is 0.373 e. The number of carbonyl (C=O) groups is 2. The molecule has 0 aliphatic heterocycles. The zero-order valence-corrected chi connectivity index (χ0v) is 15.5. The summed E-state index contributed by atoms with van der Waals surface area (Å²) < 4.78 is 4.40. The maximum absolute atomic E-state index is 12.5. The first kappa shape index (κ1) is 19.8. The molecule has 1 N–H and O–H groups in total. The number of carbonyl (C=O) groups excluding carboxylic acids is 2. The van der Waals surface area contributed by atoms with Gasteiger partial charge in [0.05, 0.1) is 13.2 Å². The predicted octanol–water partition coefficient (Wildman–Crippen LogP) is 4.14. The summed E-state index contributed by atoms with van der Waals surface area (Å²) in [6.45, 7) is 0.535. The Morgan fingerprint density at radius 1 is 0.962 bits per heavy atom. The highest BCUT2D eigenvalue weighted by Crippen LogP contribution is 2.16. The number of hydrogen-bond acceptors (Lipinski definition) is 4. The van der Waals surface area contributed by atoms with Crippen LogP contribution in [0, 0.1) is 0 Å². The standard InChI is InChI=1S/C19H17Cl2NO4/c1-26-19(25)17(23)10-18(24)22(11-13-2-6-15(20)7-3-13)12-14-4-8-16(21)9-5-14/h2-10,23H,11-12H2,1H3/b17-10-. The number of rotatable bonds is 6. The Hall–Kier alpha value is -2.50. The number of hydrogen-bond donors (Lipinski definition) is 1. The normalized spacial score (nSPS) is 11.1. The van der Waals surface area contributed by atoms with Gasteiger partial charge < -0.3 is 14.7 Å². The minimum absolute atomic E-state index is 0.267. The third-order valence-corrected chi connectivity index (χ3v) is 4.04. The first-order chi connectivity index (χ1) is 12.4. The fourth-order valence-corrected chi connectivity index (χ4v) is 2.46. The molecule has 0 aliphatic rings. The molecule has 0 saturated carbocycles. The van der Waals surface area contributed by atoms with Gasteiger partial charge in [0, 0.05) is 23.1 Å². The fraction of sp³-hybridized carbons (Fsp3) is 0.158. The van der Waals surface area contributed by atoms with Gasteiger partial charge in [-0.15, -0.1) is 0 Å². The van der Waals surface area contributed by atoms with Gasteiger partial charge in [-0.1, -0.05) is 47.5 Å². The van der Waals surface area contributed by atoms with Crippen molar-refractivity contribution < 1.29 is 19.4 Å². The summed E-state index contributed by atoms with van der Waals surface area (Å²) in [4.78, 5) is 25.3. The van der Waals surface area contributed by atoms with Crippen LogP contribution in [0.15, 0.2) is 60.4 Å². The van der Waals surface area contributed by atoms with E-state index in [0.29, 0.717) is 10.0 Å². The summed E-state index contributed by atoms with van der Waals surface area (Å²) >= 11 is 11.8. The summed E-state index contributed by atoms with van der Waals surface area (Å²) in [6, 6.07) is 14.1. The molecule has 26 heavy (non-hydrogen) atoms. The molecule has 0 fully saturated rings. The Bertz CT molecular complexity index is 754. The average Bonchev–Trinajstić information content (AvgIpc) is 2.63. The van der Waals surface area contributed by atoms with Crippen molar-refractivity contribution in [1.29, 1.82) is 0 Å². The Balaban J connectivity index is 2.24. The molecule has 0 aromatic heterocycles. The third-order valence-electron chi connectivity index (χ3n) is 3.54. The van der Waals surface area contributed by atoms with Crippen LogP contribution in [0.5, 0.6) is 0 Å². The lowest BCUT2D eigenvalue weighted by Crippen LogP contribution is -2.29. The van der Waals surface area contributed by atoms with E-state index in [9.17, 15) is 14.7 Å². The molecule has 7 heteroatoms. The van der Waals surface area contributed by atoms with Crippen LogP contribution in [-0.2, 0) is 27.4 Å². The molecule has 0 atom stereocenters. The highest BCUT2D eigenvalue weighted by Gasteiger charge is 2.17. The predicted molar refractivity (Wildman–Crippen MR) is 99.9 cm³/mol. The molecule has 0 bridgehead atoms. The largest absolute Gasteiger partial charge is 0.502 e. The number of aliphatic hydroxyl groups is 1. The number of amides is 1. The van der Waals surface area contributed by atoms with E-state index in [1.807, 2.05) is 0 Å². The highest BCUT2D eigenvalue weighted by atomic mass is 35.5. The molecule has 0 unspecified atom stereocenters. The third kappa shape index (κ3) is 5.79. The Morgan fingerprint density at radius 3 is 1.77 bits per heavy atom. The van der Waals surface area contributed by atoms with E-state index < -0.39 is 17.6 Å². The molecule has 2 rings (SSSR count). The lowest BCUT2D eigenvalue weighted by molar-refractivity contribution is -0.139. The summed E-state index contributed by atoms with van der Waals surface area (Å²) in [5.41, 5.74) is 1.70. The second-order valence-electron chi connectivity index (χ2n) is 5.47. The number of methoxy groups -OCH3 is 1. The Labute approximate surface area is 161 Å². The molecule has 5 nitrogen and oxygen atoms in total. The molecule has 136 valence electrons. The number of aliphatic hydroxyl groups excluding tert-OH is 1. The number of nitrogens with zero attached hydrogens (tertiary/aromatic N) is 1. The lowest BCUT2D eigenvalue weighted by Gasteiger charge is -2.22. The lowest BCUT2D eigenvalue weighted by atomic mass is 10.1. The summed E-state index contributed by atoms with van der Waals surface area (Å²) in [5, 5.41) is 10.8. The van der Waals surface area contributed by atoms with E-state index >= 15 is 0 Å². The van der Waals surface area contributed by atoms with Crippen molar-refractivity contribution in [3.05, 3.63) is 81.5 Å². The monoisotopic (exact) mass is 393 g/mol. The van der Waals surface area contributed by atoms with Crippen LogP contribution in [0.4, 0.5) is 0 Å². The SMILES string of the molecule is COC(=O)/C(O)=C/C(=O)N(Cc1ccc(Cl)cc1)Cc1ccc(Cl)cc1. The van der Waals surface area contributed by atoms with Gasteiger partial charge in [0.15, 0.2) is 0 Å². The van der Waals surface area contributed by atoms with Crippen molar-refractivity contribution in [3.8, 4) is 0 Å². The highest BCUT2D eigenvalue weighted by molar-refractivity contribution is 6.30. The van der Waals surface area contributed by atoms with Crippen LogP contribution in [-0.4, -0.2) is 29.0 Å². The van der Waals surface area contributed by atoms with E-state index in [1.165, 1.54) is 4.90 Å². The Kier molecular flexibility index (Phi) is 7.06. The number of halogens is 2. The van der Waals surface area contributed by atoms with Crippen molar-refractivity contribution in [3.63, 3.8) is 0 Å². The molecule has 1 amide bonds. The second-order valence-corrected chi connectivity index (χ2v) is 6.34. The van der Waals surface area contributed by atoms with E-state index in [1.54, 1.807) is 48.5 Å². The van der Waals surface area contributed by atoms with Gasteiger partial charge >= 0.3 is 5.97 Å². The van der Waals surface area contributed by atoms with Crippen molar-refractivity contribution in [2.45, 2.75) is 13.1 Å². The number of esters is 1. The van der Waals surface area contributed by atoms with Gasteiger partial charge in [0.25, 0.3) is 5.91 Å². The molecule has 0 saturated heterocycles. The van der Waals surface area contributed by atoms with Gasteiger partial charge in [-0.3, -0.25) is 4.79 Å². The average molecular weight is 394 g/mol. The smallest absolute Gasteiger partial charge is 0.373 e. The number of ether oxygens (including phenoxy) is 1. The minimum atomic E-state index is -0.976. The minimum Gasteiger partial charge on any atom is -0.502 e. The van der Waals surface area contributed by atoms with Crippen molar-refractivity contribution in [2.24, 2.45) is 0 Å². The van der Waals surface area contributed by atoms with Crippen LogP contribution in [0.3, 0.4) is 0 Å². The zero-order chi connectivity index (χ0) is 19.1. The summed E-state index contributed by atoms with van der Waals surface area (Å²) in [7, 11) is 1.12. The first-order valence-electron chi connectivity index (χ1n) is 7.66. The molecule has 0 spiro atoms. The van der Waals surface area contributed by atoms with Gasteiger partial charge in [-0.25, -0.2) is 4.79 Å². The first-order valence-corrected chi connectivity index (χ1v) is 8.41. The van der Waals surface area contributed by atoms with Crippen LogP contribution in [0.2, 0.25) is 10.0 Å². The molecule has 0 radical (unpaired) electrons. The molecule has 0 heterocycles. The topological polar surface area (TPSA) is 66.8 Å². The van der Waals surface area contributed by atoms with Gasteiger partial charge in [-0.2, -0.15) is 0 Å². The zero-order valence-electron chi connectivity index (χ0n) is 14.0. The van der Waals surface area contributed by atoms with E-state index in [4.69, 9.17) is 23.2 Å². The maximum atomic E-state index is 12.5. The second kappa shape index (κ2) is 9.27. The van der Waals surface area contributed by atoms with Crippen LogP contribution >= 0.6 is 23.2 Å². The van der Waals surface area contributed by atoms with Gasteiger partial charge in [0.2, 0.25) is 5.76 Å². The summed E-state index contributed by atoms with van der Waals surface area (Å²) in [5.74, 6) is -2.26. The van der Waals surface area contributed by atoms with E-state index in [-0.39, 0.29) is 13.1 Å². The fourth-order valence-electron chi connectivity index (χ4n) is 2.20. The molecular weight excluding hydrogens is 377 g/mol. The molecule has 2 aromatic rings. The van der Waals surface area contributed by atoms with Crippen molar-refractivity contribution in [2.75, 3.05) is 7.11 Å². The van der Waals surface area contributed by atoms with Crippen molar-refractivity contribution >= 4 is 35.1 Å². The van der Waals surface area contributed by atoms with Crippen LogP contribution in [0.25, 0.3) is 0 Å². The molecular formula is C19H17Cl2NO4. The molecule has 0 aliphatic carbocycles. The van der Waals surface area contributed by atoms with E-state index in [2.05, 4.69) is 4.74 Å². The molecule has 2 aromatic carbocycles. The van der Waals surface area contributed by atoms with Gasteiger partial charge in [-0.05, 0) is 35.4 Å². The van der Waals surface area contributed by atoms with Crippen LogP contribution in [0.1, 0.15) is 11.1 Å². The van der Waals surface area contributed by atoms with Gasteiger partial charge in [0.1, 0.15) is 0 Å². The summed E-state index contributed by atoms with van der Waals surface area (Å²) in [6.07, 6.45) is 0.845. The van der Waals surface area contributed by atoms with E-state index in [0.717, 1.165) is 24.3 Å². The van der Waals surface area contributed by atoms with Crippen molar-refractivity contribution in [1.82, 2.24) is 4.90 Å². The Morgan fingerprint density at radius 2 is 1.38 bits per heavy atom.